The van der Waals surface area contributed by atoms with E-state index in [-0.39, 0.29) is 24.1 Å². The summed E-state index contributed by atoms with van der Waals surface area (Å²) in [5.41, 5.74) is 1.10. The first-order valence-corrected chi connectivity index (χ1v) is 9.56. The third-order valence-corrected chi connectivity index (χ3v) is 5.21. The van der Waals surface area contributed by atoms with Gasteiger partial charge in [0, 0.05) is 30.2 Å². The molecular weight excluding hydrogens is 388 g/mol. The molecule has 0 unspecified atom stereocenters. The fourth-order valence-electron chi connectivity index (χ4n) is 2.82. The van der Waals surface area contributed by atoms with E-state index in [2.05, 4.69) is 5.32 Å². The first-order valence-electron chi connectivity index (χ1n) is 8.30. The Labute approximate surface area is 166 Å². The summed E-state index contributed by atoms with van der Waals surface area (Å²) >= 11 is 7.49. The lowest BCUT2D eigenvalue weighted by atomic mass is 10.2. The molecule has 8 heteroatoms. The number of hydrogen-bond donors (Lipinski definition) is 1. The van der Waals surface area contributed by atoms with E-state index >= 15 is 0 Å². The highest BCUT2D eigenvalue weighted by Crippen LogP contribution is 2.35. The zero-order valence-electron chi connectivity index (χ0n) is 15.0. The molecule has 0 bridgehead atoms. The summed E-state index contributed by atoms with van der Waals surface area (Å²) in [5.74, 6) is -0.168. The molecule has 1 N–H and O–H groups in total. The fourth-order valence-corrected chi connectivity index (χ4v) is 3.76. The molecule has 2 amide bonds. The molecule has 3 rings (SSSR count). The number of hydrogen-bond acceptors (Lipinski definition) is 6. The van der Waals surface area contributed by atoms with Crippen LogP contribution >= 0.6 is 22.9 Å². The van der Waals surface area contributed by atoms with Crippen LogP contribution in [0.4, 0.5) is 5.69 Å². The molecule has 0 saturated carbocycles. The van der Waals surface area contributed by atoms with E-state index < -0.39 is 0 Å². The van der Waals surface area contributed by atoms with Gasteiger partial charge in [0.25, 0.3) is 11.8 Å². The van der Waals surface area contributed by atoms with Crippen LogP contribution in [0.3, 0.4) is 0 Å². The van der Waals surface area contributed by atoms with E-state index in [0.717, 1.165) is 4.88 Å². The molecule has 2 aromatic rings. The Morgan fingerprint density at radius 1 is 1.19 bits per heavy atom. The minimum atomic E-state index is -0.374. The van der Waals surface area contributed by atoms with Gasteiger partial charge in [0.1, 0.15) is 11.4 Å². The van der Waals surface area contributed by atoms with Crippen LogP contribution in [-0.4, -0.2) is 44.1 Å². The lowest BCUT2D eigenvalue weighted by Crippen LogP contribution is -2.33. The standard InChI is InChI=1S/C19H19ClN2O4S/c1-25-9-4-8-22-18(23)16(15-5-3-10-27-15)17(19(22)24)21-13-11-12(20)6-7-14(13)26-2/h3,5-7,10-11,21H,4,8-9H2,1-2H3. The summed E-state index contributed by atoms with van der Waals surface area (Å²) in [7, 11) is 3.11. The fraction of sp³-hybridized carbons (Fsp3) is 0.263. The number of halogens is 1. The van der Waals surface area contributed by atoms with Crippen LogP contribution in [0.5, 0.6) is 5.75 Å². The van der Waals surface area contributed by atoms with Crippen molar-refractivity contribution in [3.63, 3.8) is 0 Å². The molecule has 1 aromatic heterocycles. The Hall–Kier alpha value is -2.35. The Bertz CT molecular complexity index is 880. The van der Waals surface area contributed by atoms with E-state index in [4.69, 9.17) is 21.1 Å². The SMILES string of the molecule is COCCCN1C(=O)C(Nc2cc(Cl)ccc2OC)=C(c2cccs2)C1=O. The van der Waals surface area contributed by atoms with Gasteiger partial charge in [-0.15, -0.1) is 11.3 Å². The number of carbonyl (C=O) groups excluding carboxylic acids is 2. The second kappa shape index (κ2) is 8.56. The minimum absolute atomic E-state index is 0.223. The van der Waals surface area contributed by atoms with Crippen molar-refractivity contribution >= 4 is 46.0 Å². The molecule has 142 valence electrons. The van der Waals surface area contributed by atoms with Crippen molar-refractivity contribution in [3.8, 4) is 5.75 Å². The number of thiophene rings is 1. The largest absolute Gasteiger partial charge is 0.495 e. The second-order valence-electron chi connectivity index (χ2n) is 5.81. The molecule has 0 saturated heterocycles. The monoisotopic (exact) mass is 406 g/mol. The van der Waals surface area contributed by atoms with Crippen molar-refractivity contribution in [2.75, 3.05) is 32.7 Å². The van der Waals surface area contributed by atoms with Crippen LogP contribution in [0.25, 0.3) is 5.57 Å². The molecule has 0 aliphatic carbocycles. The van der Waals surface area contributed by atoms with Crippen LogP contribution < -0.4 is 10.1 Å². The summed E-state index contributed by atoms with van der Waals surface area (Å²) in [5, 5.41) is 5.43. The van der Waals surface area contributed by atoms with Gasteiger partial charge in [-0.1, -0.05) is 17.7 Å². The maximum atomic E-state index is 13.0. The highest BCUT2D eigenvalue weighted by molar-refractivity contribution is 7.11. The summed E-state index contributed by atoms with van der Waals surface area (Å²) in [6, 6.07) is 8.72. The van der Waals surface area contributed by atoms with Crippen molar-refractivity contribution in [1.29, 1.82) is 0 Å². The molecule has 6 nitrogen and oxygen atoms in total. The lowest BCUT2D eigenvalue weighted by Gasteiger charge is -2.15. The Morgan fingerprint density at radius 3 is 2.67 bits per heavy atom. The van der Waals surface area contributed by atoms with Gasteiger partial charge in [-0.3, -0.25) is 14.5 Å². The molecular formula is C19H19ClN2O4S. The molecule has 2 heterocycles. The van der Waals surface area contributed by atoms with Gasteiger partial charge in [0.05, 0.1) is 18.4 Å². The van der Waals surface area contributed by atoms with E-state index in [1.807, 2.05) is 17.5 Å². The van der Waals surface area contributed by atoms with Crippen LogP contribution in [0.15, 0.2) is 41.4 Å². The molecule has 1 aromatic carbocycles. The number of rotatable bonds is 8. The Kier molecular flexibility index (Phi) is 6.15. The number of nitrogens with zero attached hydrogens (tertiary/aromatic N) is 1. The second-order valence-corrected chi connectivity index (χ2v) is 7.19. The molecule has 27 heavy (non-hydrogen) atoms. The van der Waals surface area contributed by atoms with Crippen LogP contribution in [0, 0.1) is 0 Å². The van der Waals surface area contributed by atoms with Crippen LogP contribution in [0.1, 0.15) is 11.3 Å². The van der Waals surface area contributed by atoms with E-state index in [1.54, 1.807) is 25.3 Å². The van der Waals surface area contributed by atoms with Gasteiger partial charge in [-0.05, 0) is 36.1 Å². The Balaban J connectivity index is 1.99. The lowest BCUT2D eigenvalue weighted by molar-refractivity contribution is -0.136. The zero-order valence-corrected chi connectivity index (χ0v) is 16.5. The van der Waals surface area contributed by atoms with Crippen LogP contribution in [0.2, 0.25) is 5.02 Å². The first kappa shape index (κ1) is 19.4. The smallest absolute Gasteiger partial charge is 0.278 e. The predicted octanol–water partition coefficient (Wildman–Crippen LogP) is 3.64. The topological polar surface area (TPSA) is 67.9 Å². The summed E-state index contributed by atoms with van der Waals surface area (Å²) in [6.45, 7) is 0.758. The number of ether oxygens (including phenoxy) is 2. The number of nitrogens with one attached hydrogen (secondary N) is 1. The van der Waals surface area contributed by atoms with Gasteiger partial charge in [0.15, 0.2) is 0 Å². The molecule has 0 fully saturated rings. The zero-order chi connectivity index (χ0) is 19.4. The van der Waals surface area contributed by atoms with Crippen molar-refractivity contribution in [1.82, 2.24) is 4.90 Å². The van der Waals surface area contributed by atoms with Gasteiger partial charge in [-0.2, -0.15) is 0 Å². The van der Waals surface area contributed by atoms with Crippen molar-refractivity contribution < 1.29 is 19.1 Å². The third kappa shape index (κ3) is 4.00. The molecule has 0 radical (unpaired) electrons. The molecule has 0 atom stereocenters. The average molecular weight is 407 g/mol. The first-order chi connectivity index (χ1) is 13.1. The molecule has 1 aliphatic heterocycles. The molecule has 1 aliphatic rings. The highest BCUT2D eigenvalue weighted by atomic mass is 35.5. The highest BCUT2D eigenvalue weighted by Gasteiger charge is 2.39. The number of imide groups is 1. The number of carbonyl (C=O) groups is 2. The van der Waals surface area contributed by atoms with Crippen molar-refractivity contribution in [3.05, 3.63) is 51.3 Å². The number of amides is 2. The number of methoxy groups -OCH3 is 2. The van der Waals surface area contributed by atoms with Crippen LogP contribution in [-0.2, 0) is 14.3 Å². The maximum absolute atomic E-state index is 13.0. The number of benzene rings is 1. The van der Waals surface area contributed by atoms with E-state index in [9.17, 15) is 9.59 Å². The predicted molar refractivity (Wildman–Crippen MR) is 106 cm³/mol. The van der Waals surface area contributed by atoms with E-state index in [1.165, 1.54) is 23.3 Å². The number of anilines is 1. The quantitative estimate of drug-likeness (QED) is 0.535. The third-order valence-electron chi connectivity index (χ3n) is 4.09. The maximum Gasteiger partial charge on any atom is 0.278 e. The van der Waals surface area contributed by atoms with Gasteiger partial charge in [0.2, 0.25) is 0 Å². The Morgan fingerprint density at radius 2 is 2.00 bits per heavy atom. The summed E-state index contributed by atoms with van der Waals surface area (Å²) in [4.78, 5) is 27.9. The van der Waals surface area contributed by atoms with Crippen molar-refractivity contribution in [2.45, 2.75) is 6.42 Å². The van der Waals surface area contributed by atoms with Crippen molar-refractivity contribution in [2.24, 2.45) is 0 Å². The average Bonchev–Trinajstić information content (AvgIpc) is 3.25. The van der Waals surface area contributed by atoms with Gasteiger partial charge in [-0.25, -0.2) is 0 Å². The summed E-state index contributed by atoms with van der Waals surface area (Å²) < 4.78 is 10.4. The normalized spacial score (nSPS) is 14.3. The van der Waals surface area contributed by atoms with E-state index in [0.29, 0.717) is 35.1 Å². The minimum Gasteiger partial charge on any atom is -0.495 e. The molecule has 0 spiro atoms. The summed E-state index contributed by atoms with van der Waals surface area (Å²) in [6.07, 6.45) is 0.569. The van der Waals surface area contributed by atoms with Gasteiger partial charge >= 0.3 is 0 Å². The van der Waals surface area contributed by atoms with Gasteiger partial charge < -0.3 is 14.8 Å².